The molecule has 0 saturated carbocycles. The highest BCUT2D eigenvalue weighted by Gasteiger charge is 2.19. The van der Waals surface area contributed by atoms with Gasteiger partial charge in [-0.25, -0.2) is 9.59 Å². The molecule has 11 heteroatoms. The van der Waals surface area contributed by atoms with Gasteiger partial charge in [-0.1, -0.05) is 11.3 Å². The second-order valence-electron chi connectivity index (χ2n) is 7.35. The first-order valence-electron chi connectivity index (χ1n) is 9.49. The van der Waals surface area contributed by atoms with Crippen LogP contribution in [0.4, 0.5) is 14.9 Å². The summed E-state index contributed by atoms with van der Waals surface area (Å²) >= 11 is 1.17. The zero-order valence-corrected chi connectivity index (χ0v) is 18.2. The lowest BCUT2D eigenvalue weighted by molar-refractivity contribution is 0.0524. The lowest BCUT2D eigenvalue weighted by Crippen LogP contribution is -2.29. The summed E-state index contributed by atoms with van der Waals surface area (Å²) in [5.74, 6) is -1.55. The molecule has 2 heterocycles. The minimum atomic E-state index is -1.05. The van der Waals surface area contributed by atoms with Crippen molar-refractivity contribution in [3.8, 4) is 0 Å². The van der Waals surface area contributed by atoms with Gasteiger partial charge in [-0.2, -0.15) is 4.39 Å². The quantitative estimate of drug-likeness (QED) is 0.494. The molecule has 0 unspecified atom stereocenters. The first-order chi connectivity index (χ1) is 14.1. The van der Waals surface area contributed by atoms with Gasteiger partial charge in [-0.3, -0.25) is 10.1 Å². The van der Waals surface area contributed by atoms with Gasteiger partial charge >= 0.3 is 12.1 Å². The normalized spacial score (nSPS) is 11.2. The summed E-state index contributed by atoms with van der Waals surface area (Å²) in [4.78, 5) is 35.5. The van der Waals surface area contributed by atoms with Crippen LogP contribution in [-0.4, -0.2) is 39.0 Å². The van der Waals surface area contributed by atoms with Crippen molar-refractivity contribution in [3.05, 3.63) is 38.4 Å². The third-order valence-electron chi connectivity index (χ3n) is 3.70. The van der Waals surface area contributed by atoms with Gasteiger partial charge in [0, 0.05) is 19.2 Å². The summed E-state index contributed by atoms with van der Waals surface area (Å²) in [6.07, 6.45) is 2.42. The topological polar surface area (TPSA) is 112 Å². The standard InChI is InChI=1S/C19H25FN4O5S/c1-5-28-17(26)15-23-22-13(30-15)8-6-7-10-24-11-9-12(14(20)16(24)25)21-18(27)29-19(2,3)4/h9,11H,5-8,10H2,1-4H3,(H,21,27). The van der Waals surface area contributed by atoms with E-state index in [9.17, 15) is 18.8 Å². The first kappa shape index (κ1) is 23.5. The zero-order valence-electron chi connectivity index (χ0n) is 17.4. The predicted octanol–water partition coefficient (Wildman–Crippen LogP) is 3.39. The lowest BCUT2D eigenvalue weighted by Gasteiger charge is -2.19. The number of hydrogen-bond donors (Lipinski definition) is 1. The number of anilines is 1. The predicted molar refractivity (Wildman–Crippen MR) is 109 cm³/mol. The molecule has 30 heavy (non-hydrogen) atoms. The minimum absolute atomic E-state index is 0.207. The Labute approximate surface area is 177 Å². The summed E-state index contributed by atoms with van der Waals surface area (Å²) in [6.45, 7) is 7.32. The molecule has 2 aromatic heterocycles. The number of nitrogens with zero attached hydrogens (tertiary/aromatic N) is 3. The van der Waals surface area contributed by atoms with Gasteiger partial charge in [0.2, 0.25) is 10.8 Å². The Morgan fingerprint density at radius 2 is 2.00 bits per heavy atom. The molecule has 0 atom stereocenters. The lowest BCUT2D eigenvalue weighted by atomic mass is 10.2. The number of esters is 1. The summed E-state index contributed by atoms with van der Waals surface area (Å²) in [7, 11) is 0. The molecule has 1 amide bonds. The average Bonchev–Trinajstić information content (AvgIpc) is 3.12. The third kappa shape index (κ3) is 6.90. The molecule has 0 fully saturated rings. The number of unbranched alkanes of at least 4 members (excludes halogenated alkanes) is 1. The van der Waals surface area contributed by atoms with Crippen LogP contribution < -0.4 is 10.9 Å². The van der Waals surface area contributed by atoms with Crippen molar-refractivity contribution in [1.82, 2.24) is 14.8 Å². The molecule has 164 valence electrons. The molecule has 0 aliphatic heterocycles. The first-order valence-corrected chi connectivity index (χ1v) is 10.3. The second-order valence-corrected chi connectivity index (χ2v) is 8.41. The molecule has 0 bridgehead atoms. The van der Waals surface area contributed by atoms with E-state index in [-0.39, 0.29) is 17.3 Å². The molecule has 0 spiro atoms. The summed E-state index contributed by atoms with van der Waals surface area (Å²) in [5, 5.41) is 10.9. The number of halogens is 1. The molecule has 0 aliphatic rings. The van der Waals surface area contributed by atoms with Crippen LogP contribution in [0.2, 0.25) is 0 Å². The van der Waals surface area contributed by atoms with Crippen LogP contribution in [0.1, 0.15) is 55.3 Å². The van der Waals surface area contributed by atoms with Gasteiger partial charge < -0.3 is 14.0 Å². The molecule has 0 radical (unpaired) electrons. The number of ether oxygens (including phenoxy) is 2. The number of rotatable bonds is 8. The van der Waals surface area contributed by atoms with Crippen LogP contribution in [-0.2, 0) is 22.4 Å². The molecule has 9 nitrogen and oxygen atoms in total. The summed E-state index contributed by atoms with van der Waals surface area (Å²) < 4.78 is 25.5. The fourth-order valence-corrected chi connectivity index (χ4v) is 3.20. The number of aryl methyl sites for hydroxylation is 2. The number of pyridine rings is 1. The minimum Gasteiger partial charge on any atom is -0.461 e. The van der Waals surface area contributed by atoms with Gasteiger partial charge in [0.15, 0.2) is 0 Å². The van der Waals surface area contributed by atoms with Gasteiger partial charge in [0.05, 0.1) is 12.3 Å². The van der Waals surface area contributed by atoms with Gasteiger partial charge in [-0.05, 0) is 46.6 Å². The van der Waals surface area contributed by atoms with E-state index in [4.69, 9.17) is 9.47 Å². The maximum Gasteiger partial charge on any atom is 0.412 e. The summed E-state index contributed by atoms with van der Waals surface area (Å²) in [5.41, 5.74) is -1.80. The van der Waals surface area contributed by atoms with E-state index in [0.717, 1.165) is 0 Å². The third-order valence-corrected chi connectivity index (χ3v) is 4.66. The summed E-state index contributed by atoms with van der Waals surface area (Å²) in [6, 6.07) is 1.32. The van der Waals surface area contributed by atoms with E-state index in [1.807, 2.05) is 0 Å². The number of aromatic nitrogens is 3. The van der Waals surface area contributed by atoms with Crippen LogP contribution in [0.5, 0.6) is 0 Å². The molecular weight excluding hydrogens is 415 g/mol. The highest BCUT2D eigenvalue weighted by Crippen LogP contribution is 2.15. The Morgan fingerprint density at radius 1 is 1.27 bits per heavy atom. The van der Waals surface area contributed by atoms with E-state index >= 15 is 0 Å². The van der Waals surface area contributed by atoms with Crippen molar-refractivity contribution >= 4 is 29.1 Å². The molecule has 1 N–H and O–H groups in total. The maximum atomic E-state index is 14.3. The Hall–Kier alpha value is -2.82. The fourth-order valence-electron chi connectivity index (χ4n) is 2.42. The van der Waals surface area contributed by atoms with Gasteiger partial charge in [0.25, 0.3) is 5.56 Å². The SMILES string of the molecule is CCOC(=O)c1nnc(CCCCn2ccc(NC(=O)OC(C)(C)C)c(F)c2=O)s1. The zero-order chi connectivity index (χ0) is 22.3. The van der Waals surface area contributed by atoms with Crippen LogP contribution in [0.3, 0.4) is 0 Å². The molecule has 2 rings (SSSR count). The van der Waals surface area contributed by atoms with Crippen LogP contribution in [0.15, 0.2) is 17.1 Å². The van der Waals surface area contributed by atoms with E-state index in [1.54, 1.807) is 27.7 Å². The number of carbonyl (C=O) groups is 2. The van der Waals surface area contributed by atoms with Gasteiger partial charge in [-0.15, -0.1) is 10.2 Å². The number of nitrogens with one attached hydrogen (secondary N) is 1. The van der Waals surface area contributed by atoms with Crippen molar-refractivity contribution in [2.75, 3.05) is 11.9 Å². The smallest absolute Gasteiger partial charge is 0.412 e. The van der Waals surface area contributed by atoms with E-state index in [0.29, 0.717) is 30.8 Å². The van der Waals surface area contributed by atoms with Crippen molar-refractivity contribution < 1.29 is 23.5 Å². The molecular formula is C19H25FN4O5S. The van der Waals surface area contributed by atoms with Crippen LogP contribution in [0, 0.1) is 5.82 Å². The molecule has 0 aromatic carbocycles. The number of amides is 1. The van der Waals surface area contributed by atoms with E-state index in [2.05, 4.69) is 15.5 Å². The Kier molecular flexibility index (Phi) is 8.04. The van der Waals surface area contributed by atoms with Gasteiger partial charge in [0.1, 0.15) is 10.6 Å². The van der Waals surface area contributed by atoms with Crippen molar-refractivity contribution in [3.63, 3.8) is 0 Å². The van der Waals surface area contributed by atoms with Crippen molar-refractivity contribution in [2.24, 2.45) is 0 Å². The maximum absolute atomic E-state index is 14.3. The largest absolute Gasteiger partial charge is 0.461 e. The molecule has 0 aliphatic carbocycles. The van der Waals surface area contributed by atoms with Crippen LogP contribution in [0.25, 0.3) is 0 Å². The monoisotopic (exact) mass is 440 g/mol. The van der Waals surface area contributed by atoms with E-state index < -0.39 is 29.0 Å². The highest BCUT2D eigenvalue weighted by molar-refractivity contribution is 7.13. The van der Waals surface area contributed by atoms with Crippen LogP contribution >= 0.6 is 11.3 Å². The molecule has 2 aromatic rings. The highest BCUT2D eigenvalue weighted by atomic mass is 32.1. The number of carbonyl (C=O) groups excluding carboxylic acids is 2. The molecule has 0 saturated heterocycles. The van der Waals surface area contributed by atoms with Crippen molar-refractivity contribution in [2.45, 2.75) is 59.1 Å². The average molecular weight is 440 g/mol. The second kappa shape index (κ2) is 10.3. The Morgan fingerprint density at radius 3 is 2.67 bits per heavy atom. The number of hydrogen-bond acceptors (Lipinski definition) is 8. The van der Waals surface area contributed by atoms with E-state index in [1.165, 1.54) is 28.2 Å². The Balaban J connectivity index is 1.88. The fraction of sp³-hybridized carbons (Fsp3) is 0.526. The van der Waals surface area contributed by atoms with Crippen molar-refractivity contribution in [1.29, 1.82) is 0 Å². The Bertz CT molecular complexity index is 951.